The first kappa shape index (κ1) is 20.1. The predicted octanol–water partition coefficient (Wildman–Crippen LogP) is 2.70. The van der Waals surface area contributed by atoms with Crippen LogP contribution in [0.3, 0.4) is 0 Å². The minimum Gasteiger partial charge on any atom is -0.338 e. The van der Waals surface area contributed by atoms with Gasteiger partial charge in [-0.05, 0) is 38.0 Å². The van der Waals surface area contributed by atoms with E-state index >= 15 is 0 Å². The Hall–Kier alpha value is -2.18. The van der Waals surface area contributed by atoms with Crippen molar-refractivity contribution in [3.05, 3.63) is 27.4 Å². The smallest absolute Gasteiger partial charge is 0.256 e. The second-order valence-electron chi connectivity index (χ2n) is 8.75. The zero-order valence-corrected chi connectivity index (χ0v) is 17.4. The van der Waals surface area contributed by atoms with Crippen molar-refractivity contribution in [1.82, 2.24) is 19.8 Å². The number of aromatic amines is 1. The molecule has 0 radical (unpaired) electrons. The van der Waals surface area contributed by atoms with Crippen LogP contribution in [0.1, 0.15) is 87.8 Å². The van der Waals surface area contributed by atoms with Crippen LogP contribution >= 0.6 is 0 Å². The number of hydrogen-bond donors (Lipinski definition) is 1. The first-order valence-corrected chi connectivity index (χ1v) is 11.3. The first-order chi connectivity index (χ1) is 14.1. The molecule has 1 aliphatic carbocycles. The van der Waals surface area contributed by atoms with Crippen molar-refractivity contribution in [3.8, 4) is 0 Å². The molecule has 1 N–H and O–H groups in total. The molecule has 3 aliphatic rings. The molecule has 158 valence electrons. The highest BCUT2D eigenvalue weighted by atomic mass is 16.2. The van der Waals surface area contributed by atoms with Crippen molar-refractivity contribution in [2.45, 2.75) is 83.7 Å². The average molecular weight is 401 g/mol. The van der Waals surface area contributed by atoms with Crippen LogP contribution in [0.15, 0.2) is 4.79 Å². The van der Waals surface area contributed by atoms with E-state index in [0.717, 1.165) is 44.3 Å². The molecule has 1 atom stereocenters. The van der Waals surface area contributed by atoms with Gasteiger partial charge in [-0.1, -0.05) is 19.8 Å². The second kappa shape index (κ2) is 8.67. The van der Waals surface area contributed by atoms with Crippen LogP contribution in [0.25, 0.3) is 0 Å². The average Bonchev–Trinajstić information content (AvgIpc) is 3.26. The third-order valence-corrected chi connectivity index (χ3v) is 6.82. The van der Waals surface area contributed by atoms with Crippen molar-refractivity contribution in [3.63, 3.8) is 0 Å². The Labute approximate surface area is 171 Å². The highest BCUT2D eigenvalue weighted by molar-refractivity contribution is 5.77. The molecule has 2 aliphatic heterocycles. The van der Waals surface area contributed by atoms with Gasteiger partial charge >= 0.3 is 0 Å². The Kier molecular flexibility index (Phi) is 6.01. The van der Waals surface area contributed by atoms with Gasteiger partial charge in [0.15, 0.2) is 0 Å². The van der Waals surface area contributed by atoms with E-state index in [9.17, 15) is 14.4 Å². The monoisotopic (exact) mass is 400 g/mol. The van der Waals surface area contributed by atoms with Crippen LogP contribution in [-0.2, 0) is 22.6 Å². The Morgan fingerprint density at radius 2 is 1.83 bits per heavy atom. The van der Waals surface area contributed by atoms with E-state index in [2.05, 4.69) is 4.98 Å². The second-order valence-corrected chi connectivity index (χ2v) is 8.75. The Balaban J connectivity index is 1.51. The van der Waals surface area contributed by atoms with Crippen LogP contribution in [0, 0.1) is 5.92 Å². The summed E-state index contributed by atoms with van der Waals surface area (Å²) in [6.45, 7) is 3.57. The molecule has 1 unspecified atom stereocenters. The van der Waals surface area contributed by atoms with E-state index in [0.29, 0.717) is 49.7 Å². The van der Waals surface area contributed by atoms with Crippen LogP contribution < -0.4 is 5.56 Å². The summed E-state index contributed by atoms with van der Waals surface area (Å²) in [7, 11) is 0. The highest BCUT2D eigenvalue weighted by Crippen LogP contribution is 2.31. The number of fused-ring (bicyclic) bond motifs is 1. The molecule has 7 nitrogen and oxygen atoms in total. The van der Waals surface area contributed by atoms with E-state index < -0.39 is 0 Å². The Morgan fingerprint density at radius 3 is 2.59 bits per heavy atom. The maximum absolute atomic E-state index is 12.8. The Bertz CT molecular complexity index is 828. The van der Waals surface area contributed by atoms with Gasteiger partial charge in [0.2, 0.25) is 11.8 Å². The molecule has 7 heteroatoms. The molecule has 0 aromatic carbocycles. The number of likely N-dealkylation sites (tertiary alicyclic amines) is 1. The third kappa shape index (κ3) is 4.23. The fourth-order valence-electron chi connectivity index (χ4n) is 5.12. The van der Waals surface area contributed by atoms with Gasteiger partial charge in [-0.25, -0.2) is 4.98 Å². The number of nitrogens with zero attached hydrogens (tertiary/aromatic N) is 3. The van der Waals surface area contributed by atoms with Gasteiger partial charge in [0.1, 0.15) is 5.82 Å². The van der Waals surface area contributed by atoms with Crippen molar-refractivity contribution < 1.29 is 9.59 Å². The zero-order valence-electron chi connectivity index (χ0n) is 17.4. The maximum atomic E-state index is 12.8. The number of piperidine rings is 1. The predicted molar refractivity (Wildman–Crippen MR) is 109 cm³/mol. The number of hydrogen-bond acceptors (Lipinski definition) is 4. The lowest BCUT2D eigenvalue weighted by Gasteiger charge is -2.35. The van der Waals surface area contributed by atoms with E-state index in [-0.39, 0.29) is 23.4 Å². The summed E-state index contributed by atoms with van der Waals surface area (Å²) >= 11 is 0. The van der Waals surface area contributed by atoms with E-state index in [4.69, 9.17) is 4.98 Å². The number of nitrogens with one attached hydrogen (secondary N) is 1. The number of carbonyl (C=O) groups is 2. The van der Waals surface area contributed by atoms with Crippen molar-refractivity contribution in [2.75, 3.05) is 13.1 Å². The molecule has 29 heavy (non-hydrogen) atoms. The normalized spacial score (nSPS) is 22.6. The fraction of sp³-hybridized carbons (Fsp3) is 0.727. The summed E-state index contributed by atoms with van der Waals surface area (Å²) in [5, 5.41) is 0. The number of H-pyrrole nitrogens is 1. The molecule has 3 heterocycles. The first-order valence-electron chi connectivity index (χ1n) is 11.3. The van der Waals surface area contributed by atoms with Crippen LogP contribution in [0.5, 0.6) is 0 Å². The van der Waals surface area contributed by atoms with Gasteiger partial charge in [-0.15, -0.1) is 0 Å². The molecule has 4 rings (SSSR count). The molecule has 2 fully saturated rings. The van der Waals surface area contributed by atoms with E-state index in [1.165, 1.54) is 12.8 Å². The molecule has 2 amide bonds. The lowest BCUT2D eigenvalue weighted by Crippen LogP contribution is -2.42. The van der Waals surface area contributed by atoms with E-state index in [1.54, 1.807) is 0 Å². The molecule has 0 spiro atoms. The molecule has 1 saturated carbocycles. The lowest BCUT2D eigenvalue weighted by atomic mass is 9.99. The molecule has 0 bridgehead atoms. The van der Waals surface area contributed by atoms with Gasteiger partial charge in [-0.3, -0.25) is 14.4 Å². The largest absolute Gasteiger partial charge is 0.338 e. The maximum Gasteiger partial charge on any atom is 0.256 e. The lowest BCUT2D eigenvalue weighted by molar-refractivity contribution is -0.135. The van der Waals surface area contributed by atoms with Gasteiger partial charge in [0.05, 0.1) is 23.8 Å². The summed E-state index contributed by atoms with van der Waals surface area (Å²) in [4.78, 5) is 49.3. The quantitative estimate of drug-likeness (QED) is 0.842. The minimum atomic E-state index is -0.155. The summed E-state index contributed by atoms with van der Waals surface area (Å²) in [6, 6.07) is -0.142. The highest BCUT2D eigenvalue weighted by Gasteiger charge is 2.32. The van der Waals surface area contributed by atoms with Gasteiger partial charge in [0, 0.05) is 32.4 Å². The number of amides is 2. The fourth-order valence-corrected chi connectivity index (χ4v) is 5.12. The number of rotatable bonds is 4. The van der Waals surface area contributed by atoms with Crippen molar-refractivity contribution >= 4 is 11.8 Å². The number of aromatic nitrogens is 2. The SMILES string of the molecule is CCC(=O)N1CCCCC1c1nc2c(c(=O)[nH]1)CN(C(=O)CC1CCCC1)CC2. The van der Waals surface area contributed by atoms with E-state index in [1.807, 2.05) is 16.7 Å². The summed E-state index contributed by atoms with van der Waals surface area (Å²) in [6.07, 6.45) is 9.29. The van der Waals surface area contributed by atoms with Gasteiger partial charge in [-0.2, -0.15) is 0 Å². The third-order valence-electron chi connectivity index (χ3n) is 6.82. The van der Waals surface area contributed by atoms with Crippen LogP contribution in [0.4, 0.5) is 0 Å². The summed E-state index contributed by atoms with van der Waals surface area (Å²) in [5.74, 6) is 1.40. The number of carbonyl (C=O) groups excluding carboxylic acids is 2. The topological polar surface area (TPSA) is 86.4 Å². The van der Waals surface area contributed by atoms with Crippen LogP contribution in [0.2, 0.25) is 0 Å². The van der Waals surface area contributed by atoms with Gasteiger partial charge < -0.3 is 14.8 Å². The summed E-state index contributed by atoms with van der Waals surface area (Å²) < 4.78 is 0. The molecular formula is C22H32N4O3. The minimum absolute atomic E-state index is 0.110. The Morgan fingerprint density at radius 1 is 1.07 bits per heavy atom. The van der Waals surface area contributed by atoms with Crippen molar-refractivity contribution in [2.24, 2.45) is 5.92 Å². The zero-order chi connectivity index (χ0) is 20.4. The standard InChI is InChI=1S/C22H32N4O3/c1-2-19(27)26-11-6-5-9-18(26)21-23-17-10-12-25(14-16(17)22(29)24-21)20(28)13-15-7-3-4-8-15/h15,18H,2-14H2,1H3,(H,23,24,29). The molecule has 1 aromatic heterocycles. The van der Waals surface area contributed by atoms with Crippen LogP contribution in [-0.4, -0.2) is 44.7 Å². The molecular weight excluding hydrogens is 368 g/mol. The molecule has 1 saturated heterocycles. The van der Waals surface area contributed by atoms with Gasteiger partial charge in [0.25, 0.3) is 5.56 Å². The summed E-state index contributed by atoms with van der Waals surface area (Å²) in [5.41, 5.74) is 1.25. The molecule has 1 aromatic rings. The van der Waals surface area contributed by atoms with Crippen molar-refractivity contribution in [1.29, 1.82) is 0 Å².